The van der Waals surface area contributed by atoms with Gasteiger partial charge >= 0.3 is 0 Å². The Morgan fingerprint density at radius 3 is 2.74 bits per heavy atom. The van der Waals surface area contributed by atoms with Crippen LogP contribution in [0.3, 0.4) is 0 Å². The molecule has 1 aromatic carbocycles. The molecule has 19 heavy (non-hydrogen) atoms. The summed E-state index contributed by atoms with van der Waals surface area (Å²) in [5.74, 6) is 0.248. The highest BCUT2D eigenvalue weighted by molar-refractivity contribution is 6.32. The summed E-state index contributed by atoms with van der Waals surface area (Å²) in [6.45, 7) is 2.01. The maximum atomic E-state index is 13.0. The Kier molecular flexibility index (Phi) is 4.56. The number of aromatic nitrogens is 2. The van der Waals surface area contributed by atoms with Gasteiger partial charge in [0, 0.05) is 0 Å². The van der Waals surface area contributed by atoms with E-state index in [4.69, 9.17) is 27.9 Å². The van der Waals surface area contributed by atoms with E-state index in [-0.39, 0.29) is 5.02 Å². The molecule has 0 spiro atoms. The van der Waals surface area contributed by atoms with Gasteiger partial charge in [0.1, 0.15) is 23.0 Å². The van der Waals surface area contributed by atoms with E-state index < -0.39 is 5.82 Å². The lowest BCUT2D eigenvalue weighted by molar-refractivity contribution is 0.452. The molecular weight excluding hydrogens is 290 g/mol. The van der Waals surface area contributed by atoms with Crippen LogP contribution in [0.4, 0.5) is 4.39 Å². The molecule has 0 saturated carbocycles. The van der Waals surface area contributed by atoms with Gasteiger partial charge in [-0.2, -0.15) is 0 Å². The van der Waals surface area contributed by atoms with E-state index in [0.717, 1.165) is 6.42 Å². The average molecular weight is 301 g/mol. The highest BCUT2D eigenvalue weighted by Crippen LogP contribution is 2.32. The van der Waals surface area contributed by atoms with Crippen LogP contribution in [0, 0.1) is 5.82 Å². The third-order valence-corrected chi connectivity index (χ3v) is 3.07. The molecule has 0 bridgehead atoms. The molecule has 1 heterocycles. The van der Waals surface area contributed by atoms with Crippen molar-refractivity contribution in [2.45, 2.75) is 19.8 Å². The van der Waals surface area contributed by atoms with Crippen molar-refractivity contribution in [3.63, 3.8) is 0 Å². The summed E-state index contributed by atoms with van der Waals surface area (Å²) >= 11 is 11.9. The first kappa shape index (κ1) is 14.0. The molecule has 0 saturated heterocycles. The van der Waals surface area contributed by atoms with Crippen molar-refractivity contribution < 1.29 is 9.13 Å². The molecule has 0 amide bonds. The van der Waals surface area contributed by atoms with E-state index in [1.807, 2.05) is 6.92 Å². The molecule has 100 valence electrons. The molecule has 0 aliphatic rings. The molecule has 2 aromatic rings. The second-order valence-electron chi connectivity index (χ2n) is 3.87. The van der Waals surface area contributed by atoms with Gasteiger partial charge in [-0.05, 0) is 24.6 Å². The number of hydrogen-bond donors (Lipinski definition) is 0. The molecular formula is C13H11Cl2FN2O. The van der Waals surface area contributed by atoms with Crippen molar-refractivity contribution in [1.82, 2.24) is 9.97 Å². The van der Waals surface area contributed by atoms with Crippen LogP contribution >= 0.6 is 23.2 Å². The molecule has 0 radical (unpaired) electrons. The van der Waals surface area contributed by atoms with E-state index in [1.165, 1.54) is 24.5 Å². The zero-order valence-corrected chi connectivity index (χ0v) is 11.7. The second-order valence-corrected chi connectivity index (χ2v) is 4.64. The third-order valence-electron chi connectivity index (χ3n) is 2.45. The molecule has 0 fully saturated rings. The third kappa shape index (κ3) is 3.33. The van der Waals surface area contributed by atoms with E-state index in [1.54, 1.807) is 0 Å². The molecule has 3 nitrogen and oxygen atoms in total. The minimum Gasteiger partial charge on any atom is -0.437 e. The lowest BCUT2D eigenvalue weighted by Gasteiger charge is -2.11. The predicted molar refractivity (Wildman–Crippen MR) is 72.5 cm³/mol. The predicted octanol–water partition coefficient (Wildman–Crippen LogP) is 4.67. The fraction of sp³-hybridized carbons (Fsp3) is 0.231. The second kappa shape index (κ2) is 6.17. The van der Waals surface area contributed by atoms with Gasteiger partial charge in [0.25, 0.3) is 0 Å². The van der Waals surface area contributed by atoms with Gasteiger partial charge < -0.3 is 4.74 Å². The number of nitrogens with zero attached hydrogens (tertiary/aromatic N) is 2. The van der Waals surface area contributed by atoms with Crippen molar-refractivity contribution in [2.75, 3.05) is 0 Å². The first-order chi connectivity index (χ1) is 9.11. The molecule has 6 heteroatoms. The van der Waals surface area contributed by atoms with Gasteiger partial charge in [0.2, 0.25) is 5.88 Å². The summed E-state index contributed by atoms with van der Waals surface area (Å²) < 4.78 is 18.6. The fourth-order valence-electron chi connectivity index (χ4n) is 1.59. The van der Waals surface area contributed by atoms with Crippen molar-refractivity contribution in [3.05, 3.63) is 46.1 Å². The largest absolute Gasteiger partial charge is 0.437 e. The maximum absolute atomic E-state index is 13.0. The van der Waals surface area contributed by atoms with E-state index in [2.05, 4.69) is 9.97 Å². The summed E-state index contributed by atoms with van der Waals surface area (Å²) in [6, 6.07) is 3.89. The van der Waals surface area contributed by atoms with Gasteiger partial charge in [-0.1, -0.05) is 36.5 Å². The minimum atomic E-state index is -0.424. The number of benzene rings is 1. The van der Waals surface area contributed by atoms with Crippen LogP contribution in [0.1, 0.15) is 18.9 Å². The standard InChI is InChI=1S/C13H11Cl2FN2O/c1-2-3-9-12(15)17-7-18-13(9)19-11-5-4-8(16)6-10(11)14/h4-7H,2-3H2,1H3. The summed E-state index contributed by atoms with van der Waals surface area (Å²) in [7, 11) is 0. The number of hydrogen-bond acceptors (Lipinski definition) is 3. The smallest absolute Gasteiger partial charge is 0.227 e. The van der Waals surface area contributed by atoms with Crippen molar-refractivity contribution in [2.24, 2.45) is 0 Å². The van der Waals surface area contributed by atoms with Crippen LogP contribution in [0.2, 0.25) is 10.2 Å². The zero-order chi connectivity index (χ0) is 13.8. The Morgan fingerprint density at radius 1 is 1.26 bits per heavy atom. The Labute approximate surface area is 120 Å². The Morgan fingerprint density at radius 2 is 2.05 bits per heavy atom. The van der Waals surface area contributed by atoms with Gasteiger partial charge in [0.15, 0.2) is 0 Å². The summed E-state index contributed by atoms with van der Waals surface area (Å²) in [4.78, 5) is 7.96. The number of rotatable bonds is 4. The van der Waals surface area contributed by atoms with Gasteiger partial charge in [-0.3, -0.25) is 0 Å². The van der Waals surface area contributed by atoms with Crippen LogP contribution in [0.15, 0.2) is 24.5 Å². The molecule has 0 atom stereocenters. The molecule has 1 aromatic heterocycles. The molecule has 0 N–H and O–H groups in total. The number of halogens is 3. The fourth-order valence-corrected chi connectivity index (χ4v) is 2.01. The monoisotopic (exact) mass is 300 g/mol. The molecule has 0 unspecified atom stereocenters. The minimum absolute atomic E-state index is 0.178. The zero-order valence-electron chi connectivity index (χ0n) is 10.2. The Balaban J connectivity index is 2.35. The van der Waals surface area contributed by atoms with Crippen molar-refractivity contribution >= 4 is 23.2 Å². The summed E-state index contributed by atoms with van der Waals surface area (Å²) in [6.07, 6.45) is 2.88. The van der Waals surface area contributed by atoms with Gasteiger partial charge in [0.05, 0.1) is 10.6 Å². The van der Waals surface area contributed by atoms with Gasteiger partial charge in [-0.25, -0.2) is 14.4 Å². The van der Waals surface area contributed by atoms with Crippen molar-refractivity contribution in [3.8, 4) is 11.6 Å². The van der Waals surface area contributed by atoms with Crippen LogP contribution in [0.5, 0.6) is 11.6 Å². The highest BCUT2D eigenvalue weighted by Gasteiger charge is 2.13. The molecule has 0 aliphatic carbocycles. The summed E-state index contributed by atoms with van der Waals surface area (Å²) in [5, 5.41) is 0.530. The maximum Gasteiger partial charge on any atom is 0.227 e. The van der Waals surface area contributed by atoms with Crippen LogP contribution < -0.4 is 4.74 Å². The molecule has 0 aliphatic heterocycles. The average Bonchev–Trinajstić information content (AvgIpc) is 2.37. The first-order valence-corrected chi connectivity index (χ1v) is 6.49. The van der Waals surface area contributed by atoms with E-state index in [9.17, 15) is 4.39 Å². The van der Waals surface area contributed by atoms with Crippen LogP contribution in [-0.2, 0) is 6.42 Å². The Bertz CT molecular complexity index is 593. The highest BCUT2D eigenvalue weighted by atomic mass is 35.5. The van der Waals surface area contributed by atoms with Crippen molar-refractivity contribution in [1.29, 1.82) is 0 Å². The summed E-state index contributed by atoms with van der Waals surface area (Å²) in [5.41, 5.74) is 0.715. The quantitative estimate of drug-likeness (QED) is 0.770. The number of ether oxygens (including phenoxy) is 1. The lowest BCUT2D eigenvalue weighted by atomic mass is 10.2. The Hall–Kier alpha value is -1.39. The molecule has 2 rings (SSSR count). The van der Waals surface area contributed by atoms with E-state index >= 15 is 0 Å². The lowest BCUT2D eigenvalue weighted by Crippen LogP contribution is -1.98. The van der Waals surface area contributed by atoms with Crippen LogP contribution in [-0.4, -0.2) is 9.97 Å². The van der Waals surface area contributed by atoms with Gasteiger partial charge in [-0.15, -0.1) is 0 Å². The first-order valence-electron chi connectivity index (χ1n) is 5.74. The van der Waals surface area contributed by atoms with Crippen LogP contribution in [0.25, 0.3) is 0 Å². The topological polar surface area (TPSA) is 35.0 Å². The normalized spacial score (nSPS) is 10.5. The SMILES string of the molecule is CCCc1c(Cl)ncnc1Oc1ccc(F)cc1Cl. The van der Waals surface area contributed by atoms with E-state index in [0.29, 0.717) is 28.8 Å².